The van der Waals surface area contributed by atoms with Gasteiger partial charge in [0, 0.05) is 7.11 Å². The molecule has 2 rings (SSSR count). The van der Waals surface area contributed by atoms with E-state index in [2.05, 4.69) is 17.1 Å². The summed E-state index contributed by atoms with van der Waals surface area (Å²) in [4.78, 5) is 4.38. The number of rotatable bonds is 3. The lowest BCUT2D eigenvalue weighted by Gasteiger charge is -2.33. The Morgan fingerprint density at radius 3 is 3.00 bits per heavy atom. The number of hydrogen-bond acceptors (Lipinski definition) is 5. The minimum absolute atomic E-state index is 0.180. The van der Waals surface area contributed by atoms with E-state index in [0.29, 0.717) is 17.6 Å². The third kappa shape index (κ3) is 2.50. The Bertz CT molecular complexity index is 380. The average molecular weight is 239 g/mol. The first-order chi connectivity index (χ1) is 8.05. The van der Waals surface area contributed by atoms with E-state index in [1.54, 1.807) is 7.11 Å². The summed E-state index contributed by atoms with van der Waals surface area (Å²) < 4.78 is 10.4. The molecule has 1 aliphatic rings. The first-order valence-corrected chi connectivity index (χ1v) is 6.21. The molecule has 1 heterocycles. The van der Waals surface area contributed by atoms with Crippen molar-refractivity contribution < 1.29 is 9.26 Å². The van der Waals surface area contributed by atoms with Gasteiger partial charge >= 0.3 is 0 Å². The van der Waals surface area contributed by atoms with Crippen LogP contribution < -0.4 is 5.73 Å². The fraction of sp³-hybridized carbons (Fsp3) is 0.833. The highest BCUT2D eigenvalue weighted by Gasteiger charge is 2.37. The van der Waals surface area contributed by atoms with Crippen molar-refractivity contribution in [3.63, 3.8) is 0 Å². The highest BCUT2D eigenvalue weighted by Crippen LogP contribution is 2.36. The molecule has 0 saturated heterocycles. The van der Waals surface area contributed by atoms with Gasteiger partial charge < -0.3 is 15.0 Å². The van der Waals surface area contributed by atoms with Crippen LogP contribution in [-0.4, -0.2) is 17.3 Å². The maximum atomic E-state index is 6.40. The molecule has 1 fully saturated rings. The van der Waals surface area contributed by atoms with Gasteiger partial charge in [0.1, 0.15) is 6.10 Å². The predicted octanol–water partition coefficient (Wildman–Crippen LogP) is 2.14. The van der Waals surface area contributed by atoms with Gasteiger partial charge in [-0.3, -0.25) is 0 Å². The van der Waals surface area contributed by atoms with E-state index < -0.39 is 5.54 Å². The number of aromatic nitrogens is 2. The van der Waals surface area contributed by atoms with Crippen molar-refractivity contribution in [2.24, 2.45) is 11.7 Å². The van der Waals surface area contributed by atoms with Crippen LogP contribution in [0.1, 0.15) is 57.3 Å². The maximum Gasteiger partial charge on any atom is 0.255 e. The molecule has 0 amide bonds. The Kier molecular flexibility index (Phi) is 3.49. The molecule has 2 N–H and O–H groups in total. The van der Waals surface area contributed by atoms with Gasteiger partial charge in [0.25, 0.3) is 5.89 Å². The molecular formula is C12H21N3O2. The van der Waals surface area contributed by atoms with Crippen LogP contribution in [0.15, 0.2) is 4.52 Å². The van der Waals surface area contributed by atoms with Crippen molar-refractivity contribution >= 4 is 0 Å². The Morgan fingerprint density at radius 2 is 2.35 bits per heavy atom. The fourth-order valence-corrected chi connectivity index (χ4v) is 2.50. The lowest BCUT2D eigenvalue weighted by Crippen LogP contribution is -2.42. The van der Waals surface area contributed by atoms with Gasteiger partial charge in [-0.2, -0.15) is 4.98 Å². The maximum absolute atomic E-state index is 6.40. The lowest BCUT2D eigenvalue weighted by atomic mass is 9.76. The second-order valence-corrected chi connectivity index (χ2v) is 5.19. The van der Waals surface area contributed by atoms with Crippen molar-refractivity contribution in [1.29, 1.82) is 0 Å². The summed E-state index contributed by atoms with van der Waals surface area (Å²) in [6, 6.07) is 0. The Morgan fingerprint density at radius 1 is 1.59 bits per heavy atom. The summed E-state index contributed by atoms with van der Waals surface area (Å²) in [5.74, 6) is 1.75. The van der Waals surface area contributed by atoms with Gasteiger partial charge in [-0.05, 0) is 25.7 Å². The van der Waals surface area contributed by atoms with Crippen LogP contribution in [0, 0.1) is 5.92 Å². The first kappa shape index (κ1) is 12.5. The monoisotopic (exact) mass is 239 g/mol. The molecule has 1 saturated carbocycles. The molecular weight excluding hydrogens is 218 g/mol. The summed E-state index contributed by atoms with van der Waals surface area (Å²) in [7, 11) is 1.62. The van der Waals surface area contributed by atoms with Crippen molar-refractivity contribution in [3.8, 4) is 0 Å². The van der Waals surface area contributed by atoms with Gasteiger partial charge in [0.2, 0.25) is 0 Å². The highest BCUT2D eigenvalue weighted by atomic mass is 16.5. The molecule has 96 valence electrons. The number of ether oxygens (including phenoxy) is 1. The zero-order chi connectivity index (χ0) is 12.5. The molecule has 0 bridgehead atoms. The van der Waals surface area contributed by atoms with Crippen molar-refractivity contribution in [3.05, 3.63) is 11.7 Å². The molecule has 5 nitrogen and oxygen atoms in total. The minimum Gasteiger partial charge on any atom is -0.372 e. The molecule has 17 heavy (non-hydrogen) atoms. The van der Waals surface area contributed by atoms with Crippen LogP contribution >= 0.6 is 0 Å². The summed E-state index contributed by atoms with van der Waals surface area (Å²) in [6.07, 6.45) is 4.03. The van der Waals surface area contributed by atoms with E-state index >= 15 is 0 Å². The van der Waals surface area contributed by atoms with Gasteiger partial charge in [-0.15, -0.1) is 0 Å². The van der Waals surface area contributed by atoms with Gasteiger partial charge in [-0.1, -0.05) is 24.9 Å². The van der Waals surface area contributed by atoms with E-state index in [0.717, 1.165) is 19.3 Å². The largest absolute Gasteiger partial charge is 0.372 e. The summed E-state index contributed by atoms with van der Waals surface area (Å²) in [5, 5.41) is 4.02. The molecule has 1 aromatic rings. The highest BCUT2D eigenvalue weighted by molar-refractivity contribution is 5.06. The standard InChI is InChI=1S/C12H21N3O2/c1-8-5-4-6-12(13,7-8)11-14-10(17-15-11)9(2)16-3/h8-9H,4-7,13H2,1-3H3. The second kappa shape index (κ2) is 4.74. The van der Waals surface area contributed by atoms with E-state index in [1.807, 2.05) is 6.92 Å². The smallest absolute Gasteiger partial charge is 0.255 e. The Labute approximate surface area is 102 Å². The predicted molar refractivity (Wildman–Crippen MR) is 63.2 cm³/mol. The molecule has 3 atom stereocenters. The summed E-state index contributed by atoms with van der Waals surface area (Å²) in [5.41, 5.74) is 5.98. The zero-order valence-corrected chi connectivity index (χ0v) is 10.8. The van der Waals surface area contributed by atoms with Crippen LogP contribution in [0.4, 0.5) is 0 Å². The number of hydrogen-bond donors (Lipinski definition) is 1. The van der Waals surface area contributed by atoms with Crippen molar-refractivity contribution in [2.75, 3.05) is 7.11 Å². The molecule has 0 spiro atoms. The molecule has 1 aromatic heterocycles. The van der Waals surface area contributed by atoms with Gasteiger partial charge in [-0.25, -0.2) is 0 Å². The van der Waals surface area contributed by atoms with Crippen LogP contribution in [0.5, 0.6) is 0 Å². The summed E-state index contributed by atoms with van der Waals surface area (Å²) in [6.45, 7) is 4.10. The normalized spacial score (nSPS) is 31.4. The molecule has 1 aliphatic carbocycles. The van der Waals surface area contributed by atoms with E-state index in [1.165, 1.54) is 6.42 Å². The molecule has 3 unspecified atom stereocenters. The van der Waals surface area contributed by atoms with Crippen LogP contribution in [-0.2, 0) is 10.3 Å². The van der Waals surface area contributed by atoms with E-state index in [9.17, 15) is 0 Å². The molecule has 0 radical (unpaired) electrons. The zero-order valence-electron chi connectivity index (χ0n) is 10.8. The minimum atomic E-state index is -0.424. The van der Waals surface area contributed by atoms with Crippen molar-refractivity contribution in [2.45, 2.75) is 51.2 Å². The molecule has 5 heteroatoms. The second-order valence-electron chi connectivity index (χ2n) is 5.19. The average Bonchev–Trinajstić information content (AvgIpc) is 2.77. The molecule has 0 aliphatic heterocycles. The third-order valence-corrected chi connectivity index (χ3v) is 3.62. The Balaban J connectivity index is 2.18. The summed E-state index contributed by atoms with van der Waals surface area (Å²) >= 11 is 0. The molecule has 0 aromatic carbocycles. The first-order valence-electron chi connectivity index (χ1n) is 6.21. The van der Waals surface area contributed by atoms with Crippen LogP contribution in [0.3, 0.4) is 0 Å². The van der Waals surface area contributed by atoms with Crippen LogP contribution in [0.2, 0.25) is 0 Å². The third-order valence-electron chi connectivity index (χ3n) is 3.62. The Hall–Kier alpha value is -0.940. The topological polar surface area (TPSA) is 74.2 Å². The van der Waals surface area contributed by atoms with Crippen LogP contribution in [0.25, 0.3) is 0 Å². The van der Waals surface area contributed by atoms with E-state index in [-0.39, 0.29) is 6.10 Å². The number of methoxy groups -OCH3 is 1. The number of nitrogens with two attached hydrogens (primary N) is 1. The lowest BCUT2D eigenvalue weighted by molar-refractivity contribution is 0.0885. The quantitative estimate of drug-likeness (QED) is 0.874. The van der Waals surface area contributed by atoms with Crippen molar-refractivity contribution in [1.82, 2.24) is 10.1 Å². The van der Waals surface area contributed by atoms with Gasteiger partial charge in [0.15, 0.2) is 5.82 Å². The SMILES string of the molecule is COC(C)c1nc(C2(N)CCCC(C)C2)no1. The fourth-order valence-electron chi connectivity index (χ4n) is 2.50. The van der Waals surface area contributed by atoms with Gasteiger partial charge in [0.05, 0.1) is 5.54 Å². The number of nitrogens with zero attached hydrogens (tertiary/aromatic N) is 2. The van der Waals surface area contributed by atoms with E-state index in [4.69, 9.17) is 15.0 Å².